The third-order valence-electron chi connectivity index (χ3n) is 1.91. The summed E-state index contributed by atoms with van der Waals surface area (Å²) in [7, 11) is 1.50. The lowest BCUT2D eigenvalue weighted by atomic mass is 10.2. The summed E-state index contributed by atoms with van der Waals surface area (Å²) >= 11 is 11.0. The van der Waals surface area contributed by atoms with E-state index < -0.39 is 9.05 Å². The van der Waals surface area contributed by atoms with Crippen molar-refractivity contribution < 1.29 is 13.2 Å². The molecule has 0 unspecified atom stereocenters. The standard InChI is InChI=1S/C10H9Cl3O3S/c1-7-4-9(17(13,14)15)2-3-10(7)16-6-8(12)5-11/h2-5H,6H2,1H3/b8-5-. The van der Waals surface area contributed by atoms with Crippen LogP contribution < -0.4 is 4.74 Å². The fourth-order valence-electron chi connectivity index (χ4n) is 1.11. The van der Waals surface area contributed by atoms with Gasteiger partial charge in [-0.25, -0.2) is 8.42 Å². The molecule has 0 saturated heterocycles. The summed E-state index contributed by atoms with van der Waals surface area (Å²) in [4.78, 5) is 0.0306. The van der Waals surface area contributed by atoms with E-state index in [4.69, 9.17) is 38.6 Å². The predicted octanol–water partition coefficient (Wildman–Crippen LogP) is 3.62. The fraction of sp³-hybridized carbons (Fsp3) is 0.200. The molecule has 0 saturated carbocycles. The molecule has 94 valence electrons. The third-order valence-corrected chi connectivity index (χ3v) is 3.86. The number of hydrogen-bond acceptors (Lipinski definition) is 3. The molecule has 0 spiro atoms. The van der Waals surface area contributed by atoms with Crippen LogP contribution in [0.5, 0.6) is 5.75 Å². The van der Waals surface area contributed by atoms with Crippen LogP contribution in [0.4, 0.5) is 0 Å². The molecule has 1 rings (SSSR count). The first kappa shape index (κ1) is 14.6. The largest absolute Gasteiger partial charge is 0.488 e. The van der Waals surface area contributed by atoms with Crippen LogP contribution in [-0.2, 0) is 9.05 Å². The van der Waals surface area contributed by atoms with E-state index in [1.807, 2.05) is 0 Å². The Morgan fingerprint density at radius 2 is 2.12 bits per heavy atom. The van der Waals surface area contributed by atoms with Crippen LogP contribution in [-0.4, -0.2) is 15.0 Å². The molecular weight excluding hydrogens is 307 g/mol. The van der Waals surface area contributed by atoms with Gasteiger partial charge < -0.3 is 4.74 Å². The quantitative estimate of drug-likeness (QED) is 0.797. The van der Waals surface area contributed by atoms with E-state index >= 15 is 0 Å². The first-order chi connectivity index (χ1) is 7.84. The molecule has 1 aromatic carbocycles. The molecule has 0 aliphatic carbocycles. The van der Waals surface area contributed by atoms with Crippen LogP contribution in [0.1, 0.15) is 5.56 Å². The van der Waals surface area contributed by atoms with Gasteiger partial charge in [-0.1, -0.05) is 23.2 Å². The van der Waals surface area contributed by atoms with Gasteiger partial charge in [-0.15, -0.1) is 0 Å². The van der Waals surface area contributed by atoms with E-state index in [0.29, 0.717) is 16.3 Å². The number of benzene rings is 1. The minimum atomic E-state index is -3.72. The second-order valence-electron chi connectivity index (χ2n) is 3.21. The van der Waals surface area contributed by atoms with Gasteiger partial charge >= 0.3 is 0 Å². The molecule has 0 aromatic heterocycles. The Morgan fingerprint density at radius 1 is 1.47 bits per heavy atom. The number of rotatable bonds is 4. The number of aryl methyl sites for hydroxylation is 1. The Morgan fingerprint density at radius 3 is 2.59 bits per heavy atom. The molecular formula is C10H9Cl3O3S. The van der Waals surface area contributed by atoms with Crippen molar-refractivity contribution in [3.8, 4) is 5.75 Å². The first-order valence-electron chi connectivity index (χ1n) is 4.47. The third kappa shape index (κ3) is 4.39. The van der Waals surface area contributed by atoms with Crippen molar-refractivity contribution in [3.05, 3.63) is 34.3 Å². The van der Waals surface area contributed by atoms with Crippen LogP contribution >= 0.6 is 33.9 Å². The fourth-order valence-corrected chi connectivity index (χ4v) is 2.07. The van der Waals surface area contributed by atoms with Gasteiger partial charge in [0.2, 0.25) is 0 Å². The topological polar surface area (TPSA) is 43.4 Å². The van der Waals surface area contributed by atoms with Crippen LogP contribution in [0.3, 0.4) is 0 Å². The molecule has 0 fully saturated rings. The lowest BCUT2D eigenvalue weighted by molar-refractivity contribution is 0.356. The summed E-state index contributed by atoms with van der Waals surface area (Å²) in [5.74, 6) is 0.519. The Balaban J connectivity index is 2.91. The van der Waals surface area contributed by atoms with Crippen molar-refractivity contribution in [2.24, 2.45) is 0 Å². The second kappa shape index (κ2) is 5.96. The van der Waals surface area contributed by atoms with Gasteiger partial charge in [-0.2, -0.15) is 0 Å². The second-order valence-corrected chi connectivity index (χ2v) is 6.48. The van der Waals surface area contributed by atoms with E-state index in [0.717, 1.165) is 0 Å². The molecule has 0 N–H and O–H groups in total. The Kier molecular flexibility index (Phi) is 5.13. The smallest absolute Gasteiger partial charge is 0.261 e. The highest BCUT2D eigenvalue weighted by Gasteiger charge is 2.11. The molecule has 0 aliphatic heterocycles. The number of hydrogen-bond donors (Lipinski definition) is 0. The van der Waals surface area contributed by atoms with E-state index in [9.17, 15) is 8.42 Å². The average Bonchev–Trinajstić information content (AvgIpc) is 2.25. The molecule has 0 bridgehead atoms. The van der Waals surface area contributed by atoms with Gasteiger partial charge in [0.15, 0.2) is 0 Å². The minimum absolute atomic E-state index is 0.0306. The molecule has 1 aromatic rings. The van der Waals surface area contributed by atoms with E-state index in [-0.39, 0.29) is 11.5 Å². The number of ether oxygens (including phenoxy) is 1. The van der Waals surface area contributed by atoms with Crippen LogP contribution in [0.25, 0.3) is 0 Å². The summed E-state index contributed by atoms with van der Waals surface area (Å²) < 4.78 is 27.5. The lowest BCUT2D eigenvalue weighted by Gasteiger charge is -2.09. The highest BCUT2D eigenvalue weighted by molar-refractivity contribution is 8.13. The van der Waals surface area contributed by atoms with Crippen LogP contribution in [0.2, 0.25) is 0 Å². The lowest BCUT2D eigenvalue weighted by Crippen LogP contribution is -2.00. The zero-order chi connectivity index (χ0) is 13.1. The van der Waals surface area contributed by atoms with Crippen molar-refractivity contribution >= 4 is 42.9 Å². The van der Waals surface area contributed by atoms with Crippen molar-refractivity contribution in [2.45, 2.75) is 11.8 Å². The molecule has 0 heterocycles. The Bertz CT molecular complexity index is 538. The van der Waals surface area contributed by atoms with Gasteiger partial charge in [-0.3, -0.25) is 0 Å². The maximum absolute atomic E-state index is 11.1. The zero-order valence-electron chi connectivity index (χ0n) is 8.78. The summed E-state index contributed by atoms with van der Waals surface area (Å²) in [6.07, 6.45) is 0. The van der Waals surface area contributed by atoms with Crippen molar-refractivity contribution in [1.29, 1.82) is 0 Å². The van der Waals surface area contributed by atoms with Gasteiger partial charge in [-0.05, 0) is 30.7 Å². The van der Waals surface area contributed by atoms with E-state index in [1.54, 1.807) is 6.92 Å². The maximum Gasteiger partial charge on any atom is 0.261 e. The summed E-state index contributed by atoms with van der Waals surface area (Å²) in [5, 5.41) is 0.347. The maximum atomic E-state index is 11.1. The molecule has 7 heteroatoms. The number of halogens is 3. The van der Waals surface area contributed by atoms with Crippen LogP contribution in [0.15, 0.2) is 33.7 Å². The SMILES string of the molecule is Cc1cc(S(=O)(=O)Cl)ccc1OC/C(Cl)=C/Cl. The Hall–Kier alpha value is -0.420. The van der Waals surface area contributed by atoms with Crippen molar-refractivity contribution in [2.75, 3.05) is 6.61 Å². The van der Waals surface area contributed by atoms with Crippen molar-refractivity contribution in [3.63, 3.8) is 0 Å². The van der Waals surface area contributed by atoms with Gasteiger partial charge in [0, 0.05) is 16.2 Å². The average molecular weight is 316 g/mol. The normalized spacial score (nSPS) is 12.6. The molecule has 17 heavy (non-hydrogen) atoms. The Labute approximate surface area is 114 Å². The van der Waals surface area contributed by atoms with Gasteiger partial charge in [0.25, 0.3) is 9.05 Å². The highest BCUT2D eigenvalue weighted by Crippen LogP contribution is 2.24. The zero-order valence-corrected chi connectivity index (χ0v) is 11.9. The molecule has 0 radical (unpaired) electrons. The van der Waals surface area contributed by atoms with Crippen molar-refractivity contribution in [1.82, 2.24) is 0 Å². The van der Waals surface area contributed by atoms with Gasteiger partial charge in [0.1, 0.15) is 12.4 Å². The monoisotopic (exact) mass is 314 g/mol. The molecule has 0 aliphatic rings. The van der Waals surface area contributed by atoms with Crippen LogP contribution in [0, 0.1) is 6.92 Å². The highest BCUT2D eigenvalue weighted by atomic mass is 35.7. The molecule has 0 amide bonds. The van der Waals surface area contributed by atoms with Gasteiger partial charge in [0.05, 0.1) is 9.93 Å². The molecule has 0 atom stereocenters. The van der Waals surface area contributed by atoms with E-state index in [1.165, 1.54) is 23.7 Å². The van der Waals surface area contributed by atoms with E-state index in [2.05, 4.69) is 0 Å². The minimum Gasteiger partial charge on any atom is -0.488 e. The molecule has 3 nitrogen and oxygen atoms in total. The summed E-state index contributed by atoms with van der Waals surface area (Å²) in [5.41, 5.74) is 1.85. The predicted molar refractivity (Wildman–Crippen MR) is 69.5 cm³/mol. The first-order valence-corrected chi connectivity index (χ1v) is 7.60. The summed E-state index contributed by atoms with van der Waals surface area (Å²) in [6.45, 7) is 1.83. The summed E-state index contributed by atoms with van der Waals surface area (Å²) in [6, 6.07) is 4.31.